The van der Waals surface area contributed by atoms with E-state index >= 15 is 0 Å². The topological polar surface area (TPSA) is 57.6 Å². The van der Waals surface area contributed by atoms with Crippen LogP contribution in [0.25, 0.3) is 0 Å². The highest BCUT2D eigenvalue weighted by Crippen LogP contribution is 2.36. The van der Waals surface area contributed by atoms with Gasteiger partial charge in [0.15, 0.2) is 11.1 Å². The number of hydrogen-bond donors (Lipinski definition) is 1. The summed E-state index contributed by atoms with van der Waals surface area (Å²) < 4.78 is 0. The zero-order valence-corrected chi connectivity index (χ0v) is 7.30. The van der Waals surface area contributed by atoms with E-state index < -0.39 is 5.97 Å². The molecule has 0 aromatic rings. The second-order valence-electron chi connectivity index (χ2n) is 2.84. The summed E-state index contributed by atoms with van der Waals surface area (Å²) in [5.74, 6) is -1.06. The second-order valence-corrected chi connectivity index (χ2v) is 4.83. The molecule has 2 aliphatic heterocycles. The Balaban J connectivity index is 2.29. The lowest BCUT2D eigenvalue weighted by atomic mass is 10.2. The Morgan fingerprint density at radius 2 is 2.50 bits per heavy atom. The monoisotopic (exact) mass is 186 g/mol. The molecule has 64 valence electrons. The molecule has 2 aliphatic rings. The van der Waals surface area contributed by atoms with E-state index in [0.717, 1.165) is 0 Å². The summed E-state index contributed by atoms with van der Waals surface area (Å²) in [6.45, 7) is 0. The number of rotatable bonds is 1. The molecule has 1 N–H and O–H groups in total. The first-order valence-electron chi connectivity index (χ1n) is 3.52. The number of β-lactam (4-membered cyclic amide) rings is 1. The molecule has 4 nitrogen and oxygen atoms in total. The molecule has 0 aliphatic carbocycles. The van der Waals surface area contributed by atoms with E-state index in [9.17, 15) is 9.59 Å². The molecule has 0 spiro atoms. The van der Waals surface area contributed by atoms with Crippen LogP contribution in [0, 0.1) is 0 Å². The fourth-order valence-corrected chi connectivity index (χ4v) is 3.13. The largest absolute Gasteiger partial charge is 0.476 e. The van der Waals surface area contributed by atoms with Crippen molar-refractivity contribution in [2.45, 2.75) is 11.8 Å². The van der Waals surface area contributed by atoms with E-state index in [0.29, 0.717) is 6.42 Å². The van der Waals surface area contributed by atoms with Crippen LogP contribution in [-0.4, -0.2) is 33.5 Å². The van der Waals surface area contributed by atoms with E-state index in [1.807, 2.05) is 6.26 Å². The van der Waals surface area contributed by atoms with Crippen LogP contribution in [0.15, 0.2) is 11.1 Å². The Morgan fingerprint density at radius 1 is 1.83 bits per heavy atom. The number of fused-ring (bicyclic) bond motifs is 1. The Kier molecular flexibility index (Phi) is 1.44. The number of nitrogens with zero attached hydrogens (tertiary/aromatic N) is 1. The highest BCUT2D eigenvalue weighted by molar-refractivity contribution is 7.99. The molecule has 2 atom stereocenters. The van der Waals surface area contributed by atoms with Gasteiger partial charge in [-0.05, 0) is 0 Å². The molecule has 2 heterocycles. The van der Waals surface area contributed by atoms with Crippen molar-refractivity contribution in [1.82, 2.24) is 4.90 Å². The number of amides is 1. The summed E-state index contributed by atoms with van der Waals surface area (Å²) in [6, 6.07) is 0. The van der Waals surface area contributed by atoms with Crippen LogP contribution in [0.2, 0.25) is 0 Å². The van der Waals surface area contributed by atoms with Gasteiger partial charge in [0.1, 0.15) is 6.26 Å². The van der Waals surface area contributed by atoms with Gasteiger partial charge in [0, 0.05) is 10.9 Å². The molecule has 5 heteroatoms. The predicted molar refractivity (Wildman–Crippen MR) is 44.3 cm³/mol. The standard InChI is InChI=1S/C7H7NO3S/c1-12-3-4(7(10)11)8-5(9)2-6(8)12/h3,6H,2H2,1H3/p+1/t6-,12?/m1/s1. The zero-order chi connectivity index (χ0) is 8.88. The molecule has 1 fully saturated rings. The number of carboxylic acids is 1. The quantitative estimate of drug-likeness (QED) is 0.453. The highest BCUT2D eigenvalue weighted by Gasteiger charge is 2.54. The fourth-order valence-electron chi connectivity index (χ4n) is 1.44. The lowest BCUT2D eigenvalue weighted by Crippen LogP contribution is -2.52. The normalized spacial score (nSPS) is 32.6. The molecule has 2 rings (SSSR count). The van der Waals surface area contributed by atoms with Gasteiger partial charge < -0.3 is 5.11 Å². The molecule has 0 aromatic carbocycles. The van der Waals surface area contributed by atoms with Gasteiger partial charge in [-0.2, -0.15) is 0 Å². The third kappa shape index (κ3) is 0.797. The van der Waals surface area contributed by atoms with Crippen molar-refractivity contribution in [3.05, 3.63) is 11.1 Å². The number of carbonyl (C=O) groups excluding carboxylic acids is 1. The van der Waals surface area contributed by atoms with Crippen molar-refractivity contribution < 1.29 is 14.7 Å². The average Bonchev–Trinajstić information content (AvgIpc) is 2.22. The molecular weight excluding hydrogens is 178 g/mol. The number of carboxylic acid groups (broad SMARTS) is 1. The van der Waals surface area contributed by atoms with Gasteiger partial charge in [-0.3, -0.25) is 9.69 Å². The van der Waals surface area contributed by atoms with Crippen molar-refractivity contribution in [1.29, 1.82) is 0 Å². The molecule has 1 unspecified atom stereocenters. The van der Waals surface area contributed by atoms with E-state index in [1.54, 1.807) is 5.41 Å². The molecule has 0 radical (unpaired) electrons. The van der Waals surface area contributed by atoms with Crippen LogP contribution in [0.3, 0.4) is 0 Å². The van der Waals surface area contributed by atoms with Gasteiger partial charge in [0.05, 0.1) is 6.42 Å². The Hall–Kier alpha value is -0.970. The predicted octanol–water partition coefficient (Wildman–Crippen LogP) is -0.268. The maximum atomic E-state index is 11.0. The van der Waals surface area contributed by atoms with Crippen molar-refractivity contribution in [3.8, 4) is 0 Å². The maximum Gasteiger partial charge on any atom is 0.357 e. The Morgan fingerprint density at radius 3 is 2.92 bits per heavy atom. The first kappa shape index (κ1) is 7.67. The summed E-state index contributed by atoms with van der Waals surface area (Å²) in [7, 11) is -0.0700. The van der Waals surface area contributed by atoms with Crippen molar-refractivity contribution in [2.75, 3.05) is 6.26 Å². The van der Waals surface area contributed by atoms with Gasteiger partial charge in [0.2, 0.25) is 11.3 Å². The lowest BCUT2D eigenvalue weighted by Gasteiger charge is -2.30. The lowest BCUT2D eigenvalue weighted by molar-refractivity contribution is -0.145. The number of carbonyl (C=O) groups is 2. The summed E-state index contributed by atoms with van der Waals surface area (Å²) in [6.07, 6.45) is 2.47. The highest BCUT2D eigenvalue weighted by atomic mass is 32.2. The zero-order valence-electron chi connectivity index (χ0n) is 6.48. The SMILES string of the molecule is C[S+]1C=C(C(=O)O)N2C(=O)C[C@H]21. The third-order valence-corrected chi connectivity index (χ3v) is 3.94. The summed E-state index contributed by atoms with van der Waals surface area (Å²) in [4.78, 5) is 23.0. The smallest absolute Gasteiger partial charge is 0.357 e. The number of aliphatic carboxylic acids is 1. The van der Waals surface area contributed by atoms with Crippen LogP contribution >= 0.6 is 0 Å². The van der Waals surface area contributed by atoms with Crippen LogP contribution in [0.1, 0.15) is 6.42 Å². The Labute approximate surface area is 72.2 Å². The molecule has 1 saturated heterocycles. The van der Waals surface area contributed by atoms with E-state index in [4.69, 9.17) is 5.11 Å². The van der Waals surface area contributed by atoms with Crippen LogP contribution in [-0.2, 0) is 20.5 Å². The van der Waals surface area contributed by atoms with Gasteiger partial charge >= 0.3 is 5.97 Å². The summed E-state index contributed by atoms with van der Waals surface area (Å²) in [5.41, 5.74) is 0.169. The molecule has 1 amide bonds. The van der Waals surface area contributed by atoms with E-state index in [2.05, 4.69) is 0 Å². The maximum absolute atomic E-state index is 11.0. The molecule has 0 bridgehead atoms. The molecular formula is C7H8NO3S+. The van der Waals surface area contributed by atoms with E-state index in [-0.39, 0.29) is 27.9 Å². The minimum Gasteiger partial charge on any atom is -0.476 e. The average molecular weight is 186 g/mol. The first-order chi connectivity index (χ1) is 5.61. The summed E-state index contributed by atoms with van der Waals surface area (Å²) in [5, 5.41) is 10.5. The second kappa shape index (κ2) is 2.26. The van der Waals surface area contributed by atoms with Crippen LogP contribution < -0.4 is 0 Å². The minimum atomic E-state index is -0.995. The van der Waals surface area contributed by atoms with Gasteiger partial charge in [-0.1, -0.05) is 0 Å². The number of hydrogen-bond acceptors (Lipinski definition) is 2. The van der Waals surface area contributed by atoms with Crippen molar-refractivity contribution in [3.63, 3.8) is 0 Å². The van der Waals surface area contributed by atoms with Gasteiger partial charge in [-0.15, -0.1) is 0 Å². The summed E-state index contributed by atoms with van der Waals surface area (Å²) >= 11 is 0. The van der Waals surface area contributed by atoms with Crippen molar-refractivity contribution >= 4 is 22.8 Å². The van der Waals surface area contributed by atoms with Crippen molar-refractivity contribution in [2.24, 2.45) is 0 Å². The molecule has 12 heavy (non-hydrogen) atoms. The minimum absolute atomic E-state index is 0.0644. The Bertz CT molecular complexity index is 299. The molecule has 0 saturated carbocycles. The van der Waals surface area contributed by atoms with Gasteiger partial charge in [-0.25, -0.2) is 4.79 Å². The third-order valence-electron chi connectivity index (χ3n) is 2.11. The van der Waals surface area contributed by atoms with Crippen LogP contribution in [0.5, 0.6) is 0 Å². The van der Waals surface area contributed by atoms with Gasteiger partial charge in [0.25, 0.3) is 0 Å². The van der Waals surface area contributed by atoms with Crippen LogP contribution in [0.4, 0.5) is 0 Å². The first-order valence-corrected chi connectivity index (χ1v) is 5.28. The fraction of sp³-hybridized carbons (Fsp3) is 0.429. The van der Waals surface area contributed by atoms with E-state index in [1.165, 1.54) is 4.90 Å². The molecule has 0 aromatic heterocycles.